The molecule has 0 bridgehead atoms. The number of ether oxygens (including phenoxy) is 1. The smallest absolute Gasteiger partial charge is 0.262 e. The number of nitrogens with zero attached hydrogens (tertiary/aromatic N) is 1. The van der Waals surface area contributed by atoms with Crippen LogP contribution in [0.25, 0.3) is 6.08 Å². The number of hydrogen-bond acceptors (Lipinski definition) is 3. The van der Waals surface area contributed by atoms with Crippen LogP contribution in [-0.4, -0.2) is 13.0 Å². The molecule has 25 heavy (non-hydrogen) atoms. The van der Waals surface area contributed by atoms with Crippen molar-refractivity contribution in [3.63, 3.8) is 0 Å². The average Bonchev–Trinajstić information content (AvgIpc) is 2.62. The quantitative estimate of drug-likeness (QED) is 0.637. The van der Waals surface area contributed by atoms with Gasteiger partial charge in [-0.3, -0.25) is 4.79 Å². The molecule has 2 rings (SSSR count). The van der Waals surface area contributed by atoms with Gasteiger partial charge in [0.1, 0.15) is 17.4 Å². The van der Waals surface area contributed by atoms with Crippen molar-refractivity contribution in [3.05, 3.63) is 69.8 Å². The summed E-state index contributed by atoms with van der Waals surface area (Å²) in [5.41, 5.74) is 2.56. The van der Waals surface area contributed by atoms with Gasteiger partial charge < -0.3 is 10.1 Å². The van der Waals surface area contributed by atoms with Crippen LogP contribution in [0.5, 0.6) is 5.75 Å². The second kappa shape index (κ2) is 8.36. The van der Waals surface area contributed by atoms with Crippen molar-refractivity contribution in [3.8, 4) is 11.8 Å². The molecule has 1 amide bonds. The van der Waals surface area contributed by atoms with Gasteiger partial charge in [-0.05, 0) is 54.8 Å². The van der Waals surface area contributed by atoms with Gasteiger partial charge in [0.15, 0.2) is 0 Å². The van der Waals surface area contributed by atoms with E-state index < -0.39 is 5.91 Å². The van der Waals surface area contributed by atoms with E-state index in [4.69, 9.17) is 16.3 Å². The molecule has 0 radical (unpaired) electrons. The van der Waals surface area contributed by atoms with E-state index in [1.165, 1.54) is 6.08 Å². The maximum Gasteiger partial charge on any atom is 0.262 e. The summed E-state index contributed by atoms with van der Waals surface area (Å²) in [5.74, 6) is 0.276. The van der Waals surface area contributed by atoms with Gasteiger partial charge in [0.25, 0.3) is 5.91 Å². The highest BCUT2D eigenvalue weighted by molar-refractivity contribution is 6.31. The van der Waals surface area contributed by atoms with Crippen LogP contribution in [0.4, 0.5) is 0 Å². The van der Waals surface area contributed by atoms with Crippen molar-refractivity contribution in [2.45, 2.75) is 19.9 Å². The zero-order valence-electron chi connectivity index (χ0n) is 14.3. The summed E-state index contributed by atoms with van der Waals surface area (Å²) in [7, 11) is 1.59. The monoisotopic (exact) mass is 354 g/mol. The molecule has 1 N–H and O–H groups in total. The van der Waals surface area contributed by atoms with E-state index in [1.807, 2.05) is 56.3 Å². The van der Waals surface area contributed by atoms with E-state index in [0.717, 1.165) is 11.1 Å². The van der Waals surface area contributed by atoms with Crippen LogP contribution < -0.4 is 10.1 Å². The van der Waals surface area contributed by atoms with Gasteiger partial charge in [-0.15, -0.1) is 0 Å². The summed E-state index contributed by atoms with van der Waals surface area (Å²) < 4.78 is 5.19. The Kier molecular flexibility index (Phi) is 6.21. The van der Waals surface area contributed by atoms with Crippen LogP contribution in [0, 0.1) is 18.3 Å². The Hall–Kier alpha value is -2.77. The minimum absolute atomic E-state index is 0.0228. The molecule has 0 aliphatic rings. The van der Waals surface area contributed by atoms with Crippen molar-refractivity contribution < 1.29 is 9.53 Å². The van der Waals surface area contributed by atoms with Crippen molar-refractivity contribution in [1.82, 2.24) is 5.32 Å². The van der Waals surface area contributed by atoms with Crippen LogP contribution in [0.3, 0.4) is 0 Å². The van der Waals surface area contributed by atoms with E-state index in [-0.39, 0.29) is 11.6 Å². The molecule has 2 aromatic carbocycles. The number of rotatable bonds is 5. The zero-order valence-corrected chi connectivity index (χ0v) is 15.1. The molecule has 128 valence electrons. The third kappa shape index (κ3) is 4.85. The van der Waals surface area contributed by atoms with E-state index in [9.17, 15) is 10.1 Å². The first-order chi connectivity index (χ1) is 11.9. The van der Waals surface area contributed by atoms with Crippen LogP contribution in [0.2, 0.25) is 5.02 Å². The Morgan fingerprint density at radius 1 is 1.32 bits per heavy atom. The Morgan fingerprint density at radius 2 is 2.08 bits per heavy atom. The Labute approximate surface area is 152 Å². The van der Waals surface area contributed by atoms with Crippen LogP contribution in [-0.2, 0) is 4.79 Å². The second-order valence-corrected chi connectivity index (χ2v) is 6.06. The molecular weight excluding hydrogens is 336 g/mol. The molecule has 5 heteroatoms. The number of amides is 1. The Morgan fingerprint density at radius 3 is 2.72 bits per heavy atom. The molecule has 0 fully saturated rings. The fourth-order valence-electron chi connectivity index (χ4n) is 2.28. The molecule has 0 saturated carbocycles. The zero-order chi connectivity index (χ0) is 18.4. The lowest BCUT2D eigenvalue weighted by Crippen LogP contribution is -2.27. The van der Waals surface area contributed by atoms with Crippen LogP contribution in [0.15, 0.2) is 48.0 Å². The topological polar surface area (TPSA) is 62.1 Å². The molecule has 0 unspecified atom stereocenters. The first kappa shape index (κ1) is 18.6. The molecule has 2 aromatic rings. The minimum Gasteiger partial charge on any atom is -0.497 e. The van der Waals surface area contributed by atoms with Crippen molar-refractivity contribution in [2.24, 2.45) is 0 Å². The number of nitriles is 1. The Balaban J connectivity index is 2.17. The molecule has 0 spiro atoms. The van der Waals surface area contributed by atoms with E-state index >= 15 is 0 Å². The van der Waals surface area contributed by atoms with Crippen LogP contribution >= 0.6 is 11.6 Å². The highest BCUT2D eigenvalue weighted by atomic mass is 35.5. The normalized spacial score (nSPS) is 12.2. The number of nitrogens with one attached hydrogen (secondary N) is 1. The van der Waals surface area contributed by atoms with Crippen molar-refractivity contribution >= 4 is 23.6 Å². The molecule has 4 nitrogen and oxygen atoms in total. The summed E-state index contributed by atoms with van der Waals surface area (Å²) in [6, 6.07) is 14.5. The molecule has 1 atom stereocenters. The third-order valence-electron chi connectivity index (χ3n) is 3.81. The molecule has 0 aromatic heterocycles. The lowest BCUT2D eigenvalue weighted by molar-refractivity contribution is -0.117. The number of aryl methyl sites for hydroxylation is 1. The van der Waals surface area contributed by atoms with Gasteiger partial charge in [-0.25, -0.2) is 0 Å². The molecule has 0 saturated heterocycles. The second-order valence-electron chi connectivity index (χ2n) is 5.65. The van der Waals surface area contributed by atoms with Gasteiger partial charge in [-0.2, -0.15) is 5.26 Å². The first-order valence-corrected chi connectivity index (χ1v) is 8.15. The fourth-order valence-corrected chi connectivity index (χ4v) is 2.47. The summed E-state index contributed by atoms with van der Waals surface area (Å²) in [6.45, 7) is 3.74. The van der Waals surface area contributed by atoms with Crippen molar-refractivity contribution in [2.75, 3.05) is 7.11 Å². The number of carbonyl (C=O) groups is 1. The standard InChI is InChI=1S/C20H19ClN2O2/c1-13-7-8-15(10-19(13)21)9-17(12-22)20(24)23-14(2)16-5-4-6-18(11-16)25-3/h4-11,14H,1-3H3,(H,23,24)/b17-9+/t14-/m0/s1. The van der Waals surface area contributed by atoms with Crippen molar-refractivity contribution in [1.29, 1.82) is 5.26 Å². The van der Waals surface area contributed by atoms with Gasteiger partial charge in [0.05, 0.1) is 13.2 Å². The lowest BCUT2D eigenvalue weighted by Gasteiger charge is -2.15. The number of carbonyl (C=O) groups excluding carboxylic acids is 1. The van der Waals surface area contributed by atoms with E-state index in [2.05, 4.69) is 5.32 Å². The van der Waals surface area contributed by atoms with Crippen LogP contribution in [0.1, 0.15) is 29.7 Å². The maximum absolute atomic E-state index is 12.4. The lowest BCUT2D eigenvalue weighted by atomic mass is 10.1. The predicted octanol–water partition coefficient (Wildman–Crippen LogP) is 4.44. The highest BCUT2D eigenvalue weighted by Crippen LogP contribution is 2.20. The summed E-state index contributed by atoms with van der Waals surface area (Å²) >= 11 is 6.09. The summed E-state index contributed by atoms with van der Waals surface area (Å²) in [4.78, 5) is 12.4. The third-order valence-corrected chi connectivity index (χ3v) is 4.22. The van der Waals surface area contributed by atoms with Gasteiger partial charge in [0.2, 0.25) is 0 Å². The van der Waals surface area contributed by atoms with Gasteiger partial charge >= 0.3 is 0 Å². The highest BCUT2D eigenvalue weighted by Gasteiger charge is 2.14. The first-order valence-electron chi connectivity index (χ1n) is 7.77. The fraction of sp³-hybridized carbons (Fsp3) is 0.200. The van der Waals surface area contributed by atoms with E-state index in [1.54, 1.807) is 13.2 Å². The molecular formula is C20H19ClN2O2. The largest absolute Gasteiger partial charge is 0.497 e. The number of benzene rings is 2. The summed E-state index contributed by atoms with van der Waals surface area (Å²) in [5, 5.41) is 12.7. The number of hydrogen-bond donors (Lipinski definition) is 1. The number of halogens is 1. The maximum atomic E-state index is 12.4. The molecule has 0 aliphatic heterocycles. The molecule has 0 aliphatic carbocycles. The summed E-state index contributed by atoms with van der Waals surface area (Å²) in [6.07, 6.45) is 1.53. The average molecular weight is 355 g/mol. The SMILES string of the molecule is COc1cccc([C@H](C)NC(=O)/C(C#N)=C/c2ccc(C)c(Cl)c2)c1. The van der Waals surface area contributed by atoms with E-state index in [0.29, 0.717) is 16.3 Å². The van der Waals surface area contributed by atoms with Gasteiger partial charge in [-0.1, -0.05) is 35.9 Å². The van der Waals surface area contributed by atoms with Gasteiger partial charge in [0, 0.05) is 5.02 Å². The number of methoxy groups -OCH3 is 1. The Bertz CT molecular complexity index is 853. The minimum atomic E-state index is -0.436. The molecule has 0 heterocycles. The predicted molar refractivity (Wildman–Crippen MR) is 99.3 cm³/mol.